The van der Waals surface area contributed by atoms with E-state index in [1.807, 2.05) is 20.8 Å². The third kappa shape index (κ3) is 13.7. The van der Waals surface area contributed by atoms with Crippen LogP contribution in [-0.4, -0.2) is 57.9 Å². The van der Waals surface area contributed by atoms with Crippen LogP contribution in [0.5, 0.6) is 0 Å². The monoisotopic (exact) mass is 305 g/mol. The first-order valence-corrected chi connectivity index (χ1v) is 7.60. The second kappa shape index (κ2) is 14.0. The van der Waals surface area contributed by atoms with Gasteiger partial charge in [0.1, 0.15) is 5.78 Å². The number of carbonyl (C=O) groups excluding carboxylic acids is 2. The summed E-state index contributed by atoms with van der Waals surface area (Å²) in [5.41, 5.74) is 0. The Morgan fingerprint density at radius 3 is 2.00 bits per heavy atom. The molecule has 0 rings (SSSR count). The van der Waals surface area contributed by atoms with Crippen molar-refractivity contribution in [1.29, 1.82) is 0 Å². The number of hydrogen-bond acceptors (Lipinski definition) is 5. The van der Waals surface area contributed by atoms with Crippen LogP contribution in [0.1, 0.15) is 35.0 Å². The van der Waals surface area contributed by atoms with E-state index in [0.717, 1.165) is 0 Å². The number of carbonyl (C=O) groups is 2. The van der Waals surface area contributed by atoms with Crippen molar-refractivity contribution < 1.29 is 25.2 Å². The minimum absolute atomic E-state index is 0. The van der Waals surface area contributed by atoms with Gasteiger partial charge in [0.05, 0.1) is 39.6 Å². The third-order valence-corrected chi connectivity index (χ3v) is 2.77. The fourth-order valence-electron chi connectivity index (χ4n) is 1.39. The van der Waals surface area contributed by atoms with E-state index >= 15 is 0 Å². The van der Waals surface area contributed by atoms with E-state index in [0.29, 0.717) is 59.0 Å². The molecule has 0 saturated carbocycles. The molecule has 0 aromatic carbocycles. The van der Waals surface area contributed by atoms with Crippen LogP contribution in [-0.2, 0) is 23.8 Å². The lowest BCUT2D eigenvalue weighted by molar-refractivity contribution is -0.123. The number of rotatable bonds is 14. The van der Waals surface area contributed by atoms with Gasteiger partial charge in [0.2, 0.25) is 5.91 Å². The molecular weight excluding hydrogens is 274 g/mol. The van der Waals surface area contributed by atoms with Gasteiger partial charge in [-0.05, 0) is 0 Å². The molecular formula is C15H31NO5. The molecule has 0 heterocycles. The highest BCUT2D eigenvalue weighted by Crippen LogP contribution is 1.98. The lowest BCUT2D eigenvalue weighted by atomic mass is 10.1. The van der Waals surface area contributed by atoms with Crippen LogP contribution < -0.4 is 5.32 Å². The van der Waals surface area contributed by atoms with Gasteiger partial charge in [-0.1, -0.05) is 20.8 Å². The molecule has 1 N–H and O–H groups in total. The molecule has 0 radical (unpaired) electrons. The van der Waals surface area contributed by atoms with Gasteiger partial charge in [0.25, 0.3) is 0 Å². The van der Waals surface area contributed by atoms with Crippen LogP contribution in [0.3, 0.4) is 0 Å². The molecule has 0 spiro atoms. The van der Waals surface area contributed by atoms with Crippen LogP contribution in [0.2, 0.25) is 0 Å². The molecule has 1 amide bonds. The maximum absolute atomic E-state index is 11.3. The number of ether oxygens (including phenoxy) is 3. The normalized spacial score (nSPS) is 10.9. The van der Waals surface area contributed by atoms with Crippen LogP contribution in [0, 0.1) is 5.92 Å². The quantitative estimate of drug-likeness (QED) is 0.491. The number of ketones is 1. The van der Waals surface area contributed by atoms with Crippen molar-refractivity contribution in [3.8, 4) is 0 Å². The Morgan fingerprint density at radius 2 is 1.48 bits per heavy atom. The number of hydrogen-bond donors (Lipinski definition) is 1. The molecule has 0 aliphatic rings. The van der Waals surface area contributed by atoms with Gasteiger partial charge in [-0.3, -0.25) is 9.59 Å². The van der Waals surface area contributed by atoms with E-state index in [9.17, 15) is 9.59 Å². The van der Waals surface area contributed by atoms with Gasteiger partial charge in [0.15, 0.2) is 0 Å². The molecule has 21 heavy (non-hydrogen) atoms. The van der Waals surface area contributed by atoms with E-state index < -0.39 is 0 Å². The van der Waals surface area contributed by atoms with E-state index in [1.54, 1.807) is 0 Å². The maximum atomic E-state index is 11.3. The number of amides is 1. The number of Topliss-reactive ketones (excluding diaryl/α,β-unsaturated/α-hetero) is 1. The summed E-state index contributed by atoms with van der Waals surface area (Å²) in [6.45, 7) is 9.02. The summed E-state index contributed by atoms with van der Waals surface area (Å²) < 4.78 is 15.9. The van der Waals surface area contributed by atoms with Gasteiger partial charge in [-0.25, -0.2) is 0 Å². The molecule has 0 aromatic heterocycles. The number of nitrogens with one attached hydrogen (secondary N) is 1. The predicted octanol–water partition coefficient (Wildman–Crippen LogP) is 1.42. The Balaban J connectivity index is 0. The molecule has 0 bridgehead atoms. The minimum atomic E-state index is 0. The highest BCUT2D eigenvalue weighted by atomic mass is 16.5. The lowest BCUT2D eigenvalue weighted by Crippen LogP contribution is -2.26. The largest absolute Gasteiger partial charge is 0.379 e. The van der Waals surface area contributed by atoms with Crippen molar-refractivity contribution in [2.45, 2.75) is 33.6 Å². The fourth-order valence-corrected chi connectivity index (χ4v) is 1.39. The van der Waals surface area contributed by atoms with Crippen LogP contribution >= 0.6 is 0 Å². The van der Waals surface area contributed by atoms with Crippen molar-refractivity contribution in [3.63, 3.8) is 0 Å². The van der Waals surface area contributed by atoms with Crippen LogP contribution in [0.15, 0.2) is 0 Å². The molecule has 0 fully saturated rings. The van der Waals surface area contributed by atoms with Crippen molar-refractivity contribution in [2.24, 2.45) is 5.92 Å². The zero-order valence-corrected chi connectivity index (χ0v) is 13.5. The van der Waals surface area contributed by atoms with Crippen molar-refractivity contribution in [1.82, 2.24) is 5.32 Å². The highest BCUT2D eigenvalue weighted by Gasteiger charge is 2.05. The smallest absolute Gasteiger partial charge is 0.219 e. The Labute approximate surface area is 129 Å². The van der Waals surface area contributed by atoms with Crippen molar-refractivity contribution in [2.75, 3.05) is 46.2 Å². The van der Waals surface area contributed by atoms with Gasteiger partial charge in [-0.2, -0.15) is 0 Å². The molecule has 0 saturated heterocycles. The Kier molecular flexibility index (Phi) is 13.3. The van der Waals surface area contributed by atoms with Gasteiger partial charge in [-0.15, -0.1) is 0 Å². The zero-order chi connectivity index (χ0) is 15.9. The summed E-state index contributed by atoms with van der Waals surface area (Å²) in [7, 11) is 0. The summed E-state index contributed by atoms with van der Waals surface area (Å²) in [6, 6.07) is 0. The summed E-state index contributed by atoms with van der Waals surface area (Å²) in [4.78, 5) is 22.2. The minimum Gasteiger partial charge on any atom is -0.379 e. The van der Waals surface area contributed by atoms with E-state index in [2.05, 4.69) is 5.32 Å². The second-order valence-electron chi connectivity index (χ2n) is 4.91. The molecule has 0 atom stereocenters. The second-order valence-corrected chi connectivity index (χ2v) is 4.91. The third-order valence-electron chi connectivity index (χ3n) is 2.77. The Bertz CT molecular complexity index is 287. The molecule has 6 heteroatoms. The molecule has 0 aromatic rings. The standard InChI is InChI=1S/C15H29NO5.H2/c1-4-15(18)16-6-8-20-10-12-21-11-9-19-7-5-14(17)13(2)3;/h13H,4-12H2,1-3H3,(H,16,18);1H. The summed E-state index contributed by atoms with van der Waals surface area (Å²) in [5, 5.41) is 2.72. The molecule has 6 nitrogen and oxygen atoms in total. The Hall–Kier alpha value is -0.980. The van der Waals surface area contributed by atoms with E-state index in [4.69, 9.17) is 14.2 Å². The zero-order valence-electron chi connectivity index (χ0n) is 13.5. The maximum Gasteiger partial charge on any atom is 0.219 e. The fraction of sp³-hybridized carbons (Fsp3) is 0.867. The summed E-state index contributed by atoms with van der Waals surface area (Å²) in [5.74, 6) is 0.325. The van der Waals surface area contributed by atoms with Crippen molar-refractivity contribution in [3.05, 3.63) is 0 Å². The van der Waals surface area contributed by atoms with Gasteiger partial charge < -0.3 is 19.5 Å². The summed E-state index contributed by atoms with van der Waals surface area (Å²) >= 11 is 0. The first kappa shape index (κ1) is 20.0. The SMILES string of the molecule is CCC(=O)NCCOCCOCCOCCC(=O)C(C)C.[HH]. The van der Waals surface area contributed by atoms with Crippen LogP contribution in [0.25, 0.3) is 0 Å². The molecule has 0 unspecified atom stereocenters. The topological polar surface area (TPSA) is 73.9 Å². The van der Waals surface area contributed by atoms with Crippen LogP contribution in [0.4, 0.5) is 0 Å². The summed E-state index contributed by atoms with van der Waals surface area (Å²) in [6.07, 6.45) is 0.954. The first-order valence-electron chi connectivity index (χ1n) is 7.60. The first-order chi connectivity index (χ1) is 10.1. The van der Waals surface area contributed by atoms with Crippen molar-refractivity contribution >= 4 is 11.7 Å². The lowest BCUT2D eigenvalue weighted by Gasteiger charge is -2.08. The van der Waals surface area contributed by atoms with Gasteiger partial charge in [0, 0.05) is 26.7 Å². The Morgan fingerprint density at radius 1 is 0.952 bits per heavy atom. The highest BCUT2D eigenvalue weighted by molar-refractivity contribution is 5.80. The predicted molar refractivity (Wildman–Crippen MR) is 82.3 cm³/mol. The van der Waals surface area contributed by atoms with E-state index in [1.165, 1.54) is 0 Å². The molecule has 0 aliphatic carbocycles. The average Bonchev–Trinajstić information content (AvgIpc) is 2.47. The molecule has 126 valence electrons. The average molecular weight is 305 g/mol. The van der Waals surface area contributed by atoms with E-state index in [-0.39, 0.29) is 19.0 Å². The molecule has 0 aliphatic heterocycles. The van der Waals surface area contributed by atoms with Gasteiger partial charge >= 0.3 is 0 Å².